The van der Waals surface area contributed by atoms with E-state index in [0.717, 1.165) is 19.4 Å². The lowest BCUT2D eigenvalue weighted by molar-refractivity contribution is -0.144. The van der Waals surface area contributed by atoms with Crippen LogP contribution in [0.25, 0.3) is 0 Å². The molecule has 0 N–H and O–H groups in total. The average Bonchev–Trinajstić information content (AvgIpc) is 2.62. The molecule has 0 radical (unpaired) electrons. The fourth-order valence-corrected chi connectivity index (χ4v) is 2.31. The normalized spacial score (nSPS) is 11.0. The minimum Gasteiger partial charge on any atom is -0.466 e. The summed E-state index contributed by atoms with van der Waals surface area (Å²) in [5.74, 6) is -0.139. The lowest BCUT2D eigenvalue weighted by Crippen LogP contribution is -2.11. The number of hydrogen-bond acceptors (Lipinski definition) is 5. The number of esters is 1. The summed E-state index contributed by atoms with van der Waals surface area (Å²) in [6.45, 7) is 8.53. The van der Waals surface area contributed by atoms with E-state index in [1.54, 1.807) is 0 Å². The van der Waals surface area contributed by atoms with Crippen LogP contribution in [0.4, 0.5) is 0 Å². The molecular formula is C20H40O5. The predicted molar refractivity (Wildman–Crippen MR) is 101 cm³/mol. The van der Waals surface area contributed by atoms with E-state index in [4.69, 9.17) is 18.9 Å². The van der Waals surface area contributed by atoms with Gasteiger partial charge in [0, 0.05) is 19.6 Å². The first-order chi connectivity index (χ1) is 12.3. The van der Waals surface area contributed by atoms with Gasteiger partial charge < -0.3 is 18.9 Å². The standard InChI is InChI=1S/C20H40O5/c1-3-5-6-7-8-9-10-14-22-16-18-24-19-17-23-15-11-12-20(21)25-13-4-2/h3-19H2,1-2H3. The molecule has 0 atom stereocenters. The molecule has 0 bridgehead atoms. The summed E-state index contributed by atoms with van der Waals surface area (Å²) in [5, 5.41) is 0. The molecule has 0 saturated heterocycles. The summed E-state index contributed by atoms with van der Waals surface area (Å²) < 4.78 is 21.4. The third-order valence-electron chi connectivity index (χ3n) is 3.77. The Kier molecular flexibility index (Phi) is 20.8. The van der Waals surface area contributed by atoms with Crippen LogP contribution in [0.5, 0.6) is 0 Å². The minimum atomic E-state index is -0.139. The van der Waals surface area contributed by atoms with Gasteiger partial charge in [0.1, 0.15) is 0 Å². The van der Waals surface area contributed by atoms with Crippen molar-refractivity contribution in [1.29, 1.82) is 0 Å². The van der Waals surface area contributed by atoms with Gasteiger partial charge in [-0.15, -0.1) is 0 Å². The van der Waals surface area contributed by atoms with E-state index in [0.29, 0.717) is 52.5 Å². The van der Waals surface area contributed by atoms with Crippen LogP contribution in [0.15, 0.2) is 0 Å². The molecule has 0 aliphatic carbocycles. The largest absolute Gasteiger partial charge is 0.466 e. The third-order valence-corrected chi connectivity index (χ3v) is 3.77. The number of unbranched alkanes of at least 4 members (excludes halogenated alkanes) is 6. The Bertz CT molecular complexity index is 271. The van der Waals surface area contributed by atoms with Gasteiger partial charge in [-0.2, -0.15) is 0 Å². The average molecular weight is 361 g/mol. The number of carbonyl (C=O) groups excluding carboxylic acids is 1. The number of rotatable bonds is 20. The fraction of sp³-hybridized carbons (Fsp3) is 0.950. The van der Waals surface area contributed by atoms with Gasteiger partial charge in [0.15, 0.2) is 0 Å². The van der Waals surface area contributed by atoms with Crippen LogP contribution in [-0.4, -0.2) is 52.2 Å². The highest BCUT2D eigenvalue weighted by atomic mass is 16.5. The van der Waals surface area contributed by atoms with Gasteiger partial charge >= 0.3 is 5.97 Å². The van der Waals surface area contributed by atoms with Gasteiger partial charge in [-0.1, -0.05) is 52.4 Å². The lowest BCUT2D eigenvalue weighted by Gasteiger charge is -2.07. The second kappa shape index (κ2) is 21.4. The molecule has 0 saturated carbocycles. The number of hydrogen-bond donors (Lipinski definition) is 0. The highest BCUT2D eigenvalue weighted by Crippen LogP contribution is 2.06. The van der Waals surface area contributed by atoms with E-state index in [1.165, 1.54) is 38.5 Å². The summed E-state index contributed by atoms with van der Waals surface area (Å²) in [6.07, 6.45) is 11.1. The van der Waals surface area contributed by atoms with Crippen molar-refractivity contribution in [2.24, 2.45) is 0 Å². The summed E-state index contributed by atoms with van der Waals surface area (Å²) in [4.78, 5) is 11.2. The van der Waals surface area contributed by atoms with E-state index >= 15 is 0 Å². The molecule has 0 heterocycles. The van der Waals surface area contributed by atoms with Crippen LogP contribution >= 0.6 is 0 Å². The van der Waals surface area contributed by atoms with Crippen LogP contribution in [0.2, 0.25) is 0 Å². The van der Waals surface area contributed by atoms with Crippen LogP contribution in [0.1, 0.15) is 78.1 Å². The molecule has 5 nitrogen and oxygen atoms in total. The van der Waals surface area contributed by atoms with Gasteiger partial charge in [0.25, 0.3) is 0 Å². The highest BCUT2D eigenvalue weighted by Gasteiger charge is 2.01. The van der Waals surface area contributed by atoms with Gasteiger partial charge in [-0.3, -0.25) is 4.79 Å². The molecule has 0 rings (SSSR count). The Morgan fingerprint density at radius 2 is 1.08 bits per heavy atom. The first-order valence-corrected chi connectivity index (χ1v) is 10.2. The molecule has 0 amide bonds. The summed E-state index contributed by atoms with van der Waals surface area (Å²) in [5.41, 5.74) is 0. The second-order valence-electron chi connectivity index (χ2n) is 6.28. The Labute approximate surface area is 154 Å². The van der Waals surface area contributed by atoms with Crippen LogP contribution < -0.4 is 0 Å². The maximum atomic E-state index is 11.2. The zero-order chi connectivity index (χ0) is 18.4. The van der Waals surface area contributed by atoms with Crippen LogP contribution in [-0.2, 0) is 23.7 Å². The van der Waals surface area contributed by atoms with Crippen molar-refractivity contribution >= 4 is 5.97 Å². The molecule has 0 fully saturated rings. The Balaban J connectivity index is 3.04. The maximum absolute atomic E-state index is 11.2. The van der Waals surface area contributed by atoms with Crippen molar-refractivity contribution in [2.45, 2.75) is 78.1 Å². The first-order valence-electron chi connectivity index (χ1n) is 10.2. The van der Waals surface area contributed by atoms with E-state index in [-0.39, 0.29) is 5.97 Å². The van der Waals surface area contributed by atoms with Gasteiger partial charge in [0.2, 0.25) is 0 Å². The molecule has 0 aliphatic rings. The minimum absolute atomic E-state index is 0.139. The van der Waals surface area contributed by atoms with E-state index in [2.05, 4.69) is 6.92 Å². The third kappa shape index (κ3) is 21.3. The molecule has 0 spiro atoms. The summed E-state index contributed by atoms with van der Waals surface area (Å²) in [6, 6.07) is 0. The monoisotopic (exact) mass is 360 g/mol. The summed E-state index contributed by atoms with van der Waals surface area (Å²) >= 11 is 0. The zero-order valence-corrected chi connectivity index (χ0v) is 16.6. The Morgan fingerprint density at radius 3 is 1.68 bits per heavy atom. The van der Waals surface area contributed by atoms with Gasteiger partial charge in [-0.25, -0.2) is 0 Å². The van der Waals surface area contributed by atoms with Gasteiger partial charge in [0.05, 0.1) is 33.0 Å². The predicted octanol–water partition coefficient (Wildman–Crippen LogP) is 4.52. The number of carbonyl (C=O) groups is 1. The summed E-state index contributed by atoms with van der Waals surface area (Å²) in [7, 11) is 0. The van der Waals surface area contributed by atoms with Crippen molar-refractivity contribution in [3.05, 3.63) is 0 Å². The Morgan fingerprint density at radius 1 is 0.560 bits per heavy atom. The van der Waals surface area contributed by atoms with Crippen molar-refractivity contribution in [3.63, 3.8) is 0 Å². The van der Waals surface area contributed by atoms with Crippen molar-refractivity contribution in [2.75, 3.05) is 46.2 Å². The molecule has 5 heteroatoms. The van der Waals surface area contributed by atoms with Crippen molar-refractivity contribution in [1.82, 2.24) is 0 Å². The zero-order valence-electron chi connectivity index (χ0n) is 16.6. The van der Waals surface area contributed by atoms with E-state index < -0.39 is 0 Å². The maximum Gasteiger partial charge on any atom is 0.305 e. The molecule has 0 unspecified atom stereocenters. The SMILES string of the molecule is CCCCCCCCCOCCOCCOCCCC(=O)OCCC. The molecule has 25 heavy (non-hydrogen) atoms. The fourth-order valence-electron chi connectivity index (χ4n) is 2.31. The molecule has 0 aromatic heterocycles. The van der Waals surface area contributed by atoms with E-state index in [1.807, 2.05) is 6.92 Å². The second-order valence-corrected chi connectivity index (χ2v) is 6.28. The molecule has 150 valence electrons. The molecule has 0 aromatic rings. The quantitative estimate of drug-likeness (QED) is 0.236. The van der Waals surface area contributed by atoms with Crippen LogP contribution in [0, 0.1) is 0 Å². The molecule has 0 aliphatic heterocycles. The van der Waals surface area contributed by atoms with Gasteiger partial charge in [-0.05, 0) is 19.3 Å². The Hall–Kier alpha value is -0.650. The van der Waals surface area contributed by atoms with Crippen LogP contribution in [0.3, 0.4) is 0 Å². The smallest absolute Gasteiger partial charge is 0.305 e. The first kappa shape index (κ1) is 24.4. The highest BCUT2D eigenvalue weighted by molar-refractivity contribution is 5.69. The van der Waals surface area contributed by atoms with Crippen molar-refractivity contribution in [3.8, 4) is 0 Å². The van der Waals surface area contributed by atoms with Crippen molar-refractivity contribution < 1.29 is 23.7 Å². The molecule has 0 aromatic carbocycles. The lowest BCUT2D eigenvalue weighted by atomic mass is 10.1. The topological polar surface area (TPSA) is 54.0 Å². The molecular weight excluding hydrogens is 320 g/mol. The number of ether oxygens (including phenoxy) is 4. The van der Waals surface area contributed by atoms with E-state index in [9.17, 15) is 4.79 Å².